The number of rotatable bonds is 9. The predicted octanol–water partition coefficient (Wildman–Crippen LogP) is 3.17. The number of ether oxygens (including phenoxy) is 1. The second kappa shape index (κ2) is 9.80. The van der Waals surface area contributed by atoms with Crippen LogP contribution in [0, 0.1) is 5.92 Å². The molecule has 2 aromatic rings. The van der Waals surface area contributed by atoms with Gasteiger partial charge in [-0.05, 0) is 43.2 Å². The van der Waals surface area contributed by atoms with Gasteiger partial charge in [-0.1, -0.05) is 36.4 Å². The fourth-order valence-corrected chi connectivity index (χ4v) is 2.56. The van der Waals surface area contributed by atoms with Gasteiger partial charge in [0.25, 0.3) is 0 Å². The number of aliphatic imine (C=N–C) groups is 1. The second-order valence-corrected chi connectivity index (χ2v) is 6.62. The topological polar surface area (TPSA) is 58.5 Å². The summed E-state index contributed by atoms with van der Waals surface area (Å²) in [5.41, 5.74) is 2.39. The summed E-state index contributed by atoms with van der Waals surface area (Å²) in [6.45, 7) is 5.14. The highest BCUT2D eigenvalue weighted by atomic mass is 16.5. The molecule has 1 heterocycles. The fourth-order valence-electron chi connectivity index (χ4n) is 2.56. The van der Waals surface area contributed by atoms with Gasteiger partial charge in [0.15, 0.2) is 5.96 Å². The molecule has 138 valence electrons. The van der Waals surface area contributed by atoms with Gasteiger partial charge in [0.05, 0.1) is 13.2 Å². The lowest BCUT2D eigenvalue weighted by atomic mass is 10.1. The third-order valence-corrected chi connectivity index (χ3v) is 4.27. The number of nitrogens with zero attached hydrogens (tertiary/aromatic N) is 2. The molecule has 1 saturated carbocycles. The Morgan fingerprint density at radius 2 is 1.96 bits per heavy atom. The molecular weight excluding hydrogens is 324 g/mol. The molecule has 0 radical (unpaired) electrons. The fraction of sp³-hybridized carbons (Fsp3) is 0.429. The molecule has 1 fully saturated rings. The molecule has 1 aliphatic rings. The molecule has 0 saturated heterocycles. The van der Waals surface area contributed by atoms with Crippen molar-refractivity contribution in [2.75, 3.05) is 19.7 Å². The molecule has 0 aliphatic heterocycles. The average molecular weight is 352 g/mol. The Morgan fingerprint density at radius 1 is 1.12 bits per heavy atom. The Hall–Kier alpha value is -2.56. The maximum Gasteiger partial charge on any atom is 0.213 e. The van der Waals surface area contributed by atoms with Gasteiger partial charge < -0.3 is 15.4 Å². The van der Waals surface area contributed by atoms with Crippen LogP contribution in [-0.2, 0) is 13.0 Å². The molecule has 1 aromatic heterocycles. The van der Waals surface area contributed by atoms with Crippen molar-refractivity contribution >= 4 is 5.96 Å². The second-order valence-electron chi connectivity index (χ2n) is 6.62. The summed E-state index contributed by atoms with van der Waals surface area (Å²) in [5.74, 6) is 2.28. The predicted molar refractivity (Wildman–Crippen MR) is 105 cm³/mol. The van der Waals surface area contributed by atoms with E-state index < -0.39 is 0 Å². The molecule has 1 aliphatic carbocycles. The minimum Gasteiger partial charge on any atom is -0.477 e. The monoisotopic (exact) mass is 352 g/mol. The van der Waals surface area contributed by atoms with Crippen LogP contribution in [-0.4, -0.2) is 30.6 Å². The number of pyridine rings is 1. The quantitative estimate of drug-likeness (QED) is 0.538. The molecule has 0 bridgehead atoms. The third-order valence-electron chi connectivity index (χ3n) is 4.27. The summed E-state index contributed by atoms with van der Waals surface area (Å²) in [6, 6.07) is 14.4. The summed E-state index contributed by atoms with van der Waals surface area (Å²) < 4.78 is 5.67. The number of benzene rings is 1. The van der Waals surface area contributed by atoms with Crippen LogP contribution in [0.2, 0.25) is 0 Å². The Balaban J connectivity index is 1.46. The first-order chi connectivity index (χ1) is 12.8. The third kappa shape index (κ3) is 6.39. The largest absolute Gasteiger partial charge is 0.477 e. The minimum absolute atomic E-state index is 0.594. The summed E-state index contributed by atoms with van der Waals surface area (Å²) in [4.78, 5) is 9.01. The summed E-state index contributed by atoms with van der Waals surface area (Å²) in [7, 11) is 0. The van der Waals surface area contributed by atoms with Crippen molar-refractivity contribution < 1.29 is 4.74 Å². The lowest BCUT2D eigenvalue weighted by Crippen LogP contribution is -2.38. The molecule has 2 N–H and O–H groups in total. The Labute approximate surface area is 155 Å². The highest BCUT2D eigenvalue weighted by molar-refractivity contribution is 5.79. The highest BCUT2D eigenvalue weighted by Crippen LogP contribution is 2.29. The zero-order valence-electron chi connectivity index (χ0n) is 15.4. The van der Waals surface area contributed by atoms with E-state index in [1.54, 1.807) is 0 Å². The molecule has 3 rings (SSSR count). The van der Waals surface area contributed by atoms with Crippen molar-refractivity contribution in [2.45, 2.75) is 32.7 Å². The maximum atomic E-state index is 5.67. The van der Waals surface area contributed by atoms with Gasteiger partial charge in [-0.25, -0.2) is 9.98 Å². The van der Waals surface area contributed by atoms with Crippen LogP contribution >= 0.6 is 0 Å². The van der Waals surface area contributed by atoms with Crippen molar-refractivity contribution in [1.29, 1.82) is 0 Å². The first-order valence-corrected chi connectivity index (χ1v) is 9.47. The van der Waals surface area contributed by atoms with Crippen LogP contribution in [0.4, 0.5) is 0 Å². The molecule has 1 aromatic carbocycles. The zero-order valence-corrected chi connectivity index (χ0v) is 15.4. The minimum atomic E-state index is 0.594. The van der Waals surface area contributed by atoms with Crippen LogP contribution in [0.5, 0.6) is 5.88 Å². The number of guanidine groups is 1. The lowest BCUT2D eigenvalue weighted by Gasteiger charge is -2.11. The van der Waals surface area contributed by atoms with Crippen LogP contribution < -0.4 is 15.4 Å². The first-order valence-electron chi connectivity index (χ1n) is 9.47. The Bertz CT molecular complexity index is 681. The molecular formula is C21H28N4O. The number of nitrogens with one attached hydrogen (secondary N) is 2. The lowest BCUT2D eigenvalue weighted by molar-refractivity contribution is 0.288. The maximum absolute atomic E-state index is 5.67. The molecule has 0 unspecified atom stereocenters. The number of hydrogen-bond acceptors (Lipinski definition) is 3. The van der Waals surface area contributed by atoms with Gasteiger partial charge in [-0.2, -0.15) is 0 Å². The molecule has 0 amide bonds. The summed E-state index contributed by atoms with van der Waals surface area (Å²) >= 11 is 0. The van der Waals surface area contributed by atoms with E-state index in [1.165, 1.54) is 18.4 Å². The van der Waals surface area contributed by atoms with E-state index in [0.29, 0.717) is 12.4 Å². The van der Waals surface area contributed by atoms with Crippen molar-refractivity contribution in [3.63, 3.8) is 0 Å². The van der Waals surface area contributed by atoms with Crippen molar-refractivity contribution in [2.24, 2.45) is 10.9 Å². The average Bonchev–Trinajstić information content (AvgIpc) is 3.51. The smallest absolute Gasteiger partial charge is 0.213 e. The van der Waals surface area contributed by atoms with Crippen LogP contribution in [0.3, 0.4) is 0 Å². The van der Waals surface area contributed by atoms with Crippen molar-refractivity contribution in [1.82, 2.24) is 15.6 Å². The van der Waals surface area contributed by atoms with E-state index in [4.69, 9.17) is 4.74 Å². The Kier molecular flexibility index (Phi) is 6.88. The number of aromatic nitrogens is 1. The van der Waals surface area contributed by atoms with E-state index >= 15 is 0 Å². The molecule has 5 nitrogen and oxygen atoms in total. The SMILES string of the molecule is CCNC(=NCc1ccc(OCC2CC2)nc1)NCCc1ccccc1. The molecule has 5 heteroatoms. The van der Waals surface area contributed by atoms with Gasteiger partial charge in [-0.15, -0.1) is 0 Å². The van der Waals surface area contributed by atoms with E-state index in [2.05, 4.69) is 51.8 Å². The standard InChI is InChI=1S/C21H28N4O/c1-2-22-21(23-13-12-17-6-4-3-5-7-17)25-15-19-10-11-20(24-14-19)26-16-18-8-9-18/h3-7,10-11,14,18H,2,8-9,12-13,15-16H2,1H3,(H2,22,23,25). The normalized spacial score (nSPS) is 14.1. The zero-order chi connectivity index (χ0) is 18.0. The van der Waals surface area contributed by atoms with Crippen LogP contribution in [0.15, 0.2) is 53.7 Å². The van der Waals surface area contributed by atoms with E-state index in [-0.39, 0.29) is 0 Å². The van der Waals surface area contributed by atoms with Gasteiger partial charge in [-0.3, -0.25) is 0 Å². The van der Waals surface area contributed by atoms with E-state index in [9.17, 15) is 0 Å². The van der Waals surface area contributed by atoms with Gasteiger partial charge >= 0.3 is 0 Å². The van der Waals surface area contributed by atoms with E-state index in [1.807, 2.05) is 24.4 Å². The Morgan fingerprint density at radius 3 is 2.65 bits per heavy atom. The van der Waals surface area contributed by atoms with Gasteiger partial charge in [0.2, 0.25) is 5.88 Å². The van der Waals surface area contributed by atoms with Crippen molar-refractivity contribution in [3.8, 4) is 5.88 Å². The van der Waals surface area contributed by atoms with Crippen LogP contribution in [0.25, 0.3) is 0 Å². The van der Waals surface area contributed by atoms with Crippen LogP contribution in [0.1, 0.15) is 30.9 Å². The van der Waals surface area contributed by atoms with E-state index in [0.717, 1.165) is 43.6 Å². The highest BCUT2D eigenvalue weighted by Gasteiger charge is 2.21. The van der Waals surface area contributed by atoms with Crippen molar-refractivity contribution in [3.05, 3.63) is 59.8 Å². The number of hydrogen-bond donors (Lipinski definition) is 2. The van der Waals surface area contributed by atoms with Gasteiger partial charge in [0, 0.05) is 25.4 Å². The first kappa shape index (κ1) is 18.2. The molecule has 0 spiro atoms. The van der Waals surface area contributed by atoms with Gasteiger partial charge in [0.1, 0.15) is 0 Å². The molecule has 26 heavy (non-hydrogen) atoms. The summed E-state index contributed by atoms with van der Waals surface area (Å²) in [5, 5.41) is 6.67. The molecule has 0 atom stereocenters. The summed E-state index contributed by atoms with van der Waals surface area (Å²) in [6.07, 6.45) is 5.40.